The molecule has 0 radical (unpaired) electrons. The summed E-state index contributed by atoms with van der Waals surface area (Å²) in [6, 6.07) is 6.38. The minimum Gasteiger partial charge on any atom is -0.497 e. The Hall–Kier alpha value is -1.72. The molecule has 100 valence electrons. The zero-order chi connectivity index (χ0) is 12.1. The third kappa shape index (κ3) is 5.07. The zero-order valence-corrected chi connectivity index (χ0v) is 11.0. The van der Waals surface area contributed by atoms with Crippen LogP contribution in [0.15, 0.2) is 29.8 Å². The highest BCUT2D eigenvalue weighted by molar-refractivity contribution is 6.16. The number of hydrogen-bond acceptors (Lipinski definition) is 3. The maximum Gasteiger partial charge on any atom is 0.343 e. The van der Waals surface area contributed by atoms with Crippen molar-refractivity contribution in [3.05, 3.63) is 35.4 Å². The quantitative estimate of drug-likeness (QED) is 0.505. The molecule has 0 saturated heterocycles. The van der Waals surface area contributed by atoms with Crippen molar-refractivity contribution < 1.29 is 24.5 Å². The maximum absolute atomic E-state index is 10.6. The average molecular weight is 295 g/mol. The van der Waals surface area contributed by atoms with E-state index in [1.54, 1.807) is 24.3 Å². The first kappa shape index (κ1) is 18.6. The van der Waals surface area contributed by atoms with Crippen LogP contribution < -0.4 is 4.74 Å². The largest absolute Gasteiger partial charge is 0.497 e. The van der Waals surface area contributed by atoms with Crippen LogP contribution in [0.1, 0.15) is 5.56 Å². The van der Waals surface area contributed by atoms with Crippen molar-refractivity contribution in [3.8, 4) is 5.75 Å². The molecule has 0 heterocycles. The molecule has 0 aliphatic carbocycles. The fourth-order valence-electron chi connectivity index (χ4n) is 1.08. The molecule has 0 unspecified atom stereocenters. The summed E-state index contributed by atoms with van der Waals surface area (Å²) in [4.78, 5) is 21.2. The van der Waals surface area contributed by atoms with Crippen LogP contribution in [0.4, 0.5) is 0 Å². The highest BCUT2D eigenvalue weighted by Crippen LogP contribution is 2.14. The van der Waals surface area contributed by atoms with Gasteiger partial charge in [0.15, 0.2) is 0 Å². The molecule has 0 saturated carbocycles. The molecule has 0 spiro atoms. The Bertz CT molecular complexity index is 423. The van der Waals surface area contributed by atoms with Gasteiger partial charge in [-0.1, -0.05) is 12.1 Å². The monoisotopic (exact) mass is 294 g/mol. The molecule has 2 N–H and O–H groups in total. The minimum absolute atomic E-state index is 0. The summed E-state index contributed by atoms with van der Waals surface area (Å²) in [5, 5.41) is 17.3. The first-order chi connectivity index (χ1) is 7.54. The van der Waals surface area contributed by atoms with Crippen LogP contribution in [0, 0.1) is 0 Å². The standard InChI is InChI=1S/C11H10O5.2ClH/c1-16-8-4-2-7(3-5-8)6-9(10(12)13)11(14)15;;/h2-6H,1H3,(H,12,13)(H,14,15);2*1H. The van der Waals surface area contributed by atoms with E-state index in [1.807, 2.05) is 0 Å². The fraction of sp³-hybridized carbons (Fsp3) is 0.0909. The van der Waals surface area contributed by atoms with Crippen LogP contribution in [0.5, 0.6) is 5.75 Å². The Morgan fingerprint density at radius 2 is 1.50 bits per heavy atom. The van der Waals surface area contributed by atoms with Gasteiger partial charge in [-0.2, -0.15) is 0 Å². The maximum atomic E-state index is 10.6. The van der Waals surface area contributed by atoms with Crippen molar-refractivity contribution in [1.82, 2.24) is 0 Å². The summed E-state index contributed by atoms with van der Waals surface area (Å²) in [7, 11) is 1.50. The van der Waals surface area contributed by atoms with Crippen LogP contribution in [0.25, 0.3) is 6.08 Å². The average Bonchev–Trinajstić information content (AvgIpc) is 2.25. The number of benzene rings is 1. The number of halogens is 2. The van der Waals surface area contributed by atoms with Crippen molar-refractivity contribution in [2.24, 2.45) is 0 Å². The van der Waals surface area contributed by atoms with Crippen molar-refractivity contribution >= 4 is 42.8 Å². The van der Waals surface area contributed by atoms with E-state index in [2.05, 4.69) is 0 Å². The van der Waals surface area contributed by atoms with E-state index in [9.17, 15) is 9.59 Å². The van der Waals surface area contributed by atoms with Crippen LogP contribution in [-0.2, 0) is 9.59 Å². The van der Waals surface area contributed by atoms with Gasteiger partial charge in [0.25, 0.3) is 0 Å². The third-order valence-electron chi connectivity index (χ3n) is 1.89. The Morgan fingerprint density at radius 3 is 1.83 bits per heavy atom. The molecule has 7 heteroatoms. The highest BCUT2D eigenvalue weighted by atomic mass is 35.5. The Labute approximate surface area is 116 Å². The number of methoxy groups -OCH3 is 1. The lowest BCUT2D eigenvalue weighted by Gasteiger charge is -2.00. The van der Waals surface area contributed by atoms with E-state index < -0.39 is 17.5 Å². The van der Waals surface area contributed by atoms with Gasteiger partial charge in [0.05, 0.1) is 7.11 Å². The van der Waals surface area contributed by atoms with E-state index in [-0.39, 0.29) is 24.8 Å². The van der Waals surface area contributed by atoms with Crippen molar-refractivity contribution in [3.63, 3.8) is 0 Å². The fourth-order valence-corrected chi connectivity index (χ4v) is 1.08. The molecule has 1 rings (SSSR count). The minimum atomic E-state index is -1.47. The van der Waals surface area contributed by atoms with Crippen molar-refractivity contribution in [2.75, 3.05) is 7.11 Å². The Kier molecular flexibility index (Phi) is 8.68. The summed E-state index contributed by atoms with van der Waals surface area (Å²) in [5.41, 5.74) is -0.189. The van der Waals surface area contributed by atoms with Gasteiger partial charge in [-0.15, -0.1) is 24.8 Å². The molecule has 0 aliphatic heterocycles. The van der Waals surface area contributed by atoms with Gasteiger partial charge in [-0.3, -0.25) is 0 Å². The van der Waals surface area contributed by atoms with E-state index in [0.29, 0.717) is 11.3 Å². The van der Waals surface area contributed by atoms with Crippen molar-refractivity contribution in [2.45, 2.75) is 0 Å². The molecule has 0 bridgehead atoms. The normalized spacial score (nSPS) is 8.28. The summed E-state index contributed by atoms with van der Waals surface area (Å²) in [6.07, 6.45) is 1.09. The molecule has 0 aliphatic rings. The summed E-state index contributed by atoms with van der Waals surface area (Å²) in [6.45, 7) is 0. The van der Waals surface area contributed by atoms with E-state index >= 15 is 0 Å². The smallest absolute Gasteiger partial charge is 0.343 e. The van der Waals surface area contributed by atoms with Crippen LogP contribution >= 0.6 is 24.8 Å². The van der Waals surface area contributed by atoms with Gasteiger partial charge < -0.3 is 14.9 Å². The Morgan fingerprint density at radius 1 is 1.06 bits per heavy atom. The van der Waals surface area contributed by atoms with Gasteiger partial charge in [0, 0.05) is 0 Å². The second-order valence-electron chi connectivity index (χ2n) is 2.94. The number of carbonyl (C=O) groups is 2. The van der Waals surface area contributed by atoms with Gasteiger partial charge in [-0.25, -0.2) is 9.59 Å². The van der Waals surface area contributed by atoms with E-state index in [0.717, 1.165) is 6.08 Å². The van der Waals surface area contributed by atoms with Gasteiger partial charge in [0.2, 0.25) is 0 Å². The topological polar surface area (TPSA) is 83.8 Å². The van der Waals surface area contributed by atoms with Crippen molar-refractivity contribution in [1.29, 1.82) is 0 Å². The van der Waals surface area contributed by atoms with E-state index in [4.69, 9.17) is 14.9 Å². The lowest BCUT2D eigenvalue weighted by atomic mass is 10.1. The molecule has 1 aromatic carbocycles. The lowest BCUT2D eigenvalue weighted by Crippen LogP contribution is -2.10. The van der Waals surface area contributed by atoms with Gasteiger partial charge in [-0.05, 0) is 23.8 Å². The van der Waals surface area contributed by atoms with Gasteiger partial charge >= 0.3 is 11.9 Å². The van der Waals surface area contributed by atoms with Gasteiger partial charge in [0.1, 0.15) is 11.3 Å². The molecular formula is C11H12Cl2O5. The number of carboxylic acid groups (broad SMARTS) is 2. The molecule has 5 nitrogen and oxygen atoms in total. The number of rotatable bonds is 4. The summed E-state index contributed by atoms with van der Waals surface area (Å²) < 4.78 is 4.92. The highest BCUT2D eigenvalue weighted by Gasteiger charge is 2.15. The SMILES string of the molecule is COc1ccc(C=C(C(=O)O)C(=O)O)cc1.Cl.Cl. The molecule has 18 heavy (non-hydrogen) atoms. The lowest BCUT2D eigenvalue weighted by molar-refractivity contribution is -0.139. The molecule has 0 amide bonds. The molecule has 0 fully saturated rings. The Balaban J connectivity index is 0. The van der Waals surface area contributed by atoms with Crippen LogP contribution in [0.2, 0.25) is 0 Å². The summed E-state index contributed by atoms with van der Waals surface area (Å²) in [5.74, 6) is -2.32. The zero-order valence-electron chi connectivity index (χ0n) is 9.32. The second kappa shape index (κ2) is 8.38. The summed E-state index contributed by atoms with van der Waals surface area (Å²) >= 11 is 0. The third-order valence-corrected chi connectivity index (χ3v) is 1.89. The predicted octanol–water partition coefficient (Wildman–Crippen LogP) is 2.09. The molecule has 0 aromatic heterocycles. The molecule has 0 atom stereocenters. The molecule has 1 aromatic rings. The number of aliphatic carboxylic acids is 2. The van der Waals surface area contributed by atoms with Crippen LogP contribution in [0.3, 0.4) is 0 Å². The second-order valence-corrected chi connectivity index (χ2v) is 2.94. The predicted molar refractivity (Wildman–Crippen MR) is 70.7 cm³/mol. The molecular weight excluding hydrogens is 283 g/mol. The number of ether oxygens (including phenoxy) is 1. The van der Waals surface area contributed by atoms with E-state index in [1.165, 1.54) is 7.11 Å². The van der Waals surface area contributed by atoms with Crippen LogP contribution in [-0.4, -0.2) is 29.3 Å². The number of hydrogen-bond donors (Lipinski definition) is 2. The first-order valence-corrected chi connectivity index (χ1v) is 4.37. The first-order valence-electron chi connectivity index (χ1n) is 4.37. The number of carboxylic acids is 2.